The topological polar surface area (TPSA) is 9.23 Å². The maximum atomic E-state index is 6.03. The molecule has 0 aliphatic heterocycles. The molecule has 0 heterocycles. The average Bonchev–Trinajstić information content (AvgIpc) is 2.47. The Morgan fingerprint density at radius 1 is 1.00 bits per heavy atom. The predicted molar refractivity (Wildman–Crippen MR) is 108 cm³/mol. The van der Waals surface area contributed by atoms with Crippen LogP contribution in [0.4, 0.5) is 0 Å². The first-order valence-corrected chi connectivity index (χ1v) is 14.1. The predicted octanol–water partition coefficient (Wildman–Crippen LogP) is 7.32. The molecule has 0 rings (SSSR count). The van der Waals surface area contributed by atoms with E-state index in [2.05, 4.69) is 39.9 Å². The smallest absolute Gasteiger partial charge is 0.171 e. The van der Waals surface area contributed by atoms with Crippen molar-refractivity contribution in [2.45, 2.75) is 79.1 Å². The molecule has 0 amide bonds. The van der Waals surface area contributed by atoms with Gasteiger partial charge in [-0.05, 0) is 36.5 Å². The molecule has 0 spiro atoms. The van der Waals surface area contributed by atoms with Crippen molar-refractivity contribution in [2.75, 3.05) is 12.4 Å². The summed E-state index contributed by atoms with van der Waals surface area (Å²) in [5.74, 6) is 2.54. The second-order valence-electron chi connectivity index (χ2n) is 5.89. The number of hydrogen-bond donors (Lipinski definition) is 1. The van der Waals surface area contributed by atoms with E-state index in [1.165, 1.54) is 51.4 Å². The molecule has 0 aliphatic rings. The summed E-state index contributed by atoms with van der Waals surface area (Å²) in [7, 11) is 0. The van der Waals surface area contributed by atoms with Gasteiger partial charge in [0.05, 0.1) is 6.61 Å². The van der Waals surface area contributed by atoms with Gasteiger partial charge in [0.15, 0.2) is 4.67 Å². The molecular formula is C16H35OPS3. The summed E-state index contributed by atoms with van der Waals surface area (Å²) in [4.78, 5) is 0. The van der Waals surface area contributed by atoms with Crippen LogP contribution in [0, 0.1) is 11.8 Å². The zero-order valence-corrected chi connectivity index (χ0v) is 17.8. The Morgan fingerprint density at radius 3 is 2.00 bits per heavy atom. The normalized spacial score (nSPS) is 17.4. The Bertz CT molecular complexity index is 263. The molecule has 0 N–H and O–H groups in total. The van der Waals surface area contributed by atoms with Crippen molar-refractivity contribution >= 4 is 40.1 Å². The molecule has 0 aromatic heterocycles. The van der Waals surface area contributed by atoms with E-state index >= 15 is 0 Å². The van der Waals surface area contributed by atoms with E-state index in [1.807, 2.05) is 0 Å². The zero-order valence-electron chi connectivity index (χ0n) is 14.3. The Hall–Kier alpha value is 1.31. The molecule has 128 valence electrons. The van der Waals surface area contributed by atoms with Gasteiger partial charge in [-0.25, -0.2) is 0 Å². The molecule has 0 bridgehead atoms. The molecule has 1 nitrogen and oxygen atoms in total. The summed E-state index contributed by atoms with van der Waals surface area (Å²) in [6.45, 7) is 9.83. The van der Waals surface area contributed by atoms with E-state index in [1.54, 1.807) is 11.4 Å². The van der Waals surface area contributed by atoms with Gasteiger partial charge in [-0.1, -0.05) is 77.6 Å². The fraction of sp³-hybridized carbons (Fsp3) is 1.00. The minimum absolute atomic E-state index is 0.655. The number of thiol groups is 1. The Labute approximate surface area is 147 Å². The average molecular weight is 371 g/mol. The molecule has 0 aromatic carbocycles. The summed E-state index contributed by atoms with van der Waals surface area (Å²) in [6.07, 6.45) is 10.2. The first-order chi connectivity index (χ1) is 9.99. The van der Waals surface area contributed by atoms with E-state index < -0.39 is 4.67 Å². The first-order valence-electron chi connectivity index (χ1n) is 8.60. The fourth-order valence-electron chi connectivity index (χ4n) is 2.23. The molecule has 3 atom stereocenters. The van der Waals surface area contributed by atoms with E-state index in [9.17, 15) is 0 Å². The van der Waals surface area contributed by atoms with Crippen LogP contribution >= 0.6 is 28.3 Å². The summed E-state index contributed by atoms with van der Waals surface area (Å²) in [5, 5.41) is 0. The second-order valence-corrected chi connectivity index (χ2v) is 15.5. The third-order valence-corrected chi connectivity index (χ3v) is 9.85. The molecule has 0 saturated carbocycles. The van der Waals surface area contributed by atoms with Crippen molar-refractivity contribution in [2.24, 2.45) is 11.8 Å². The van der Waals surface area contributed by atoms with Crippen molar-refractivity contribution < 1.29 is 4.52 Å². The Morgan fingerprint density at radius 2 is 1.52 bits per heavy atom. The van der Waals surface area contributed by atoms with Crippen LogP contribution in [-0.2, 0) is 16.3 Å². The molecule has 0 saturated heterocycles. The van der Waals surface area contributed by atoms with E-state index in [0.29, 0.717) is 5.92 Å². The highest BCUT2D eigenvalue weighted by Gasteiger charge is 2.18. The van der Waals surface area contributed by atoms with Crippen molar-refractivity contribution in [3.63, 3.8) is 0 Å². The fourth-order valence-corrected chi connectivity index (χ4v) is 6.64. The van der Waals surface area contributed by atoms with Crippen LogP contribution in [0.2, 0.25) is 0 Å². The SMILES string of the molecule is CCCCC(CC)COP(=S)(S)SCC(CC)CCCC. The van der Waals surface area contributed by atoms with E-state index in [0.717, 1.165) is 18.3 Å². The third-order valence-electron chi connectivity index (χ3n) is 4.03. The number of hydrogen-bond acceptors (Lipinski definition) is 3. The van der Waals surface area contributed by atoms with Gasteiger partial charge in [-0.2, -0.15) is 0 Å². The largest absolute Gasteiger partial charge is 0.334 e. The lowest BCUT2D eigenvalue weighted by Gasteiger charge is -2.22. The van der Waals surface area contributed by atoms with E-state index in [-0.39, 0.29) is 0 Å². The highest BCUT2D eigenvalue weighted by Crippen LogP contribution is 2.65. The van der Waals surface area contributed by atoms with Crippen molar-refractivity contribution in [1.29, 1.82) is 0 Å². The summed E-state index contributed by atoms with van der Waals surface area (Å²) in [6, 6.07) is 0. The van der Waals surface area contributed by atoms with Gasteiger partial charge in [0, 0.05) is 5.75 Å². The van der Waals surface area contributed by atoms with Crippen LogP contribution < -0.4 is 0 Å². The highest BCUT2D eigenvalue weighted by atomic mass is 33.2. The third kappa shape index (κ3) is 12.4. The maximum absolute atomic E-state index is 6.03. The van der Waals surface area contributed by atoms with Gasteiger partial charge in [0.2, 0.25) is 0 Å². The molecule has 0 radical (unpaired) electrons. The van der Waals surface area contributed by atoms with Crippen LogP contribution in [-0.4, -0.2) is 12.4 Å². The van der Waals surface area contributed by atoms with Crippen LogP contribution in [0.3, 0.4) is 0 Å². The van der Waals surface area contributed by atoms with Gasteiger partial charge >= 0.3 is 0 Å². The molecule has 0 fully saturated rings. The zero-order chi connectivity index (χ0) is 16.1. The van der Waals surface area contributed by atoms with E-state index in [4.69, 9.17) is 16.3 Å². The highest BCUT2D eigenvalue weighted by molar-refractivity contribution is 8.95. The van der Waals surface area contributed by atoms with Crippen LogP contribution in [0.5, 0.6) is 0 Å². The quantitative estimate of drug-likeness (QED) is 0.253. The van der Waals surface area contributed by atoms with Gasteiger partial charge in [0.1, 0.15) is 0 Å². The molecule has 0 aliphatic carbocycles. The van der Waals surface area contributed by atoms with Gasteiger partial charge < -0.3 is 4.52 Å². The number of rotatable bonds is 14. The second kappa shape index (κ2) is 13.7. The van der Waals surface area contributed by atoms with Gasteiger partial charge in [0.25, 0.3) is 0 Å². The van der Waals surface area contributed by atoms with Crippen molar-refractivity contribution in [1.82, 2.24) is 0 Å². The lowest BCUT2D eigenvalue weighted by molar-refractivity contribution is 0.261. The molecule has 3 unspecified atom stereocenters. The lowest BCUT2D eigenvalue weighted by atomic mass is 10.0. The van der Waals surface area contributed by atoms with Crippen LogP contribution in [0.25, 0.3) is 0 Å². The minimum Gasteiger partial charge on any atom is -0.334 e. The van der Waals surface area contributed by atoms with Crippen molar-refractivity contribution in [3.8, 4) is 0 Å². The minimum atomic E-state index is -1.95. The molecule has 21 heavy (non-hydrogen) atoms. The lowest BCUT2D eigenvalue weighted by Crippen LogP contribution is -2.07. The van der Waals surface area contributed by atoms with Crippen LogP contribution in [0.15, 0.2) is 0 Å². The van der Waals surface area contributed by atoms with Crippen LogP contribution in [0.1, 0.15) is 79.1 Å². The first kappa shape index (κ1) is 22.3. The Kier molecular flexibility index (Phi) is 14.6. The summed E-state index contributed by atoms with van der Waals surface area (Å²) >= 11 is 12.1. The molecule has 5 heteroatoms. The van der Waals surface area contributed by atoms with Crippen molar-refractivity contribution in [3.05, 3.63) is 0 Å². The van der Waals surface area contributed by atoms with Gasteiger partial charge in [-0.15, -0.1) is 12.2 Å². The Balaban J connectivity index is 4.08. The molecule has 0 aromatic rings. The summed E-state index contributed by atoms with van der Waals surface area (Å²) < 4.78 is 4.09. The summed E-state index contributed by atoms with van der Waals surface area (Å²) in [5.41, 5.74) is 0. The number of unbranched alkanes of at least 4 members (excludes halogenated alkanes) is 2. The van der Waals surface area contributed by atoms with Gasteiger partial charge in [-0.3, -0.25) is 0 Å². The maximum Gasteiger partial charge on any atom is 0.171 e. The molecular weight excluding hydrogens is 335 g/mol. The monoisotopic (exact) mass is 370 g/mol. The standard InChI is InChI=1S/C16H35OPS3/c1-5-9-11-15(7-3)13-17-18(19,20)21-14-16(8-4)12-10-6-2/h15-16H,5-14H2,1-4H3,(H,19,20).